The van der Waals surface area contributed by atoms with Gasteiger partial charge in [-0.3, -0.25) is 0 Å². The molecule has 1 aromatic rings. The van der Waals surface area contributed by atoms with E-state index in [0.29, 0.717) is 12.5 Å². The molecule has 68 valence electrons. The molecule has 1 N–H and O–H groups in total. The molecule has 0 heterocycles. The maximum atomic E-state index is 10.4. The van der Waals surface area contributed by atoms with Crippen molar-refractivity contribution in [1.82, 2.24) is 0 Å². The van der Waals surface area contributed by atoms with E-state index in [9.17, 15) is 4.79 Å². The molecule has 1 aromatic carbocycles. The van der Waals surface area contributed by atoms with E-state index in [2.05, 4.69) is 5.32 Å². The van der Waals surface area contributed by atoms with Gasteiger partial charge in [0.2, 0.25) is 0 Å². The van der Waals surface area contributed by atoms with Gasteiger partial charge in [-0.1, -0.05) is 18.2 Å². The van der Waals surface area contributed by atoms with Crippen LogP contribution in [0.3, 0.4) is 0 Å². The van der Waals surface area contributed by atoms with Crippen LogP contribution in [0.15, 0.2) is 24.3 Å². The Kier molecular flexibility index (Phi) is 2.30. The Morgan fingerprint density at radius 1 is 1.38 bits per heavy atom. The number of hydrogen-bond acceptors (Lipinski definition) is 2. The summed E-state index contributed by atoms with van der Waals surface area (Å²) in [6.07, 6.45) is 3.98. The zero-order chi connectivity index (χ0) is 9.10. The van der Waals surface area contributed by atoms with Crippen molar-refractivity contribution < 1.29 is 4.79 Å². The Balaban J connectivity index is 2.14. The van der Waals surface area contributed by atoms with Crippen LogP contribution in [-0.2, 0) is 11.2 Å². The van der Waals surface area contributed by atoms with Crippen molar-refractivity contribution in [2.24, 2.45) is 0 Å². The molecule has 0 radical (unpaired) electrons. The zero-order valence-corrected chi connectivity index (χ0v) is 7.49. The van der Waals surface area contributed by atoms with Gasteiger partial charge in [-0.2, -0.15) is 0 Å². The summed E-state index contributed by atoms with van der Waals surface area (Å²) in [6, 6.07) is 8.65. The molecule has 1 fully saturated rings. The quantitative estimate of drug-likeness (QED) is 0.709. The van der Waals surface area contributed by atoms with E-state index < -0.39 is 0 Å². The van der Waals surface area contributed by atoms with Crippen LogP contribution >= 0.6 is 0 Å². The van der Waals surface area contributed by atoms with Gasteiger partial charge in [0.05, 0.1) is 0 Å². The molecule has 0 atom stereocenters. The van der Waals surface area contributed by atoms with Gasteiger partial charge in [-0.25, -0.2) is 0 Å². The monoisotopic (exact) mass is 175 g/mol. The Morgan fingerprint density at radius 3 is 2.85 bits per heavy atom. The lowest BCUT2D eigenvalue weighted by Gasteiger charge is -2.08. The van der Waals surface area contributed by atoms with Crippen molar-refractivity contribution in [3.05, 3.63) is 29.8 Å². The normalized spacial score (nSPS) is 15.4. The number of carbonyl (C=O) groups is 1. The van der Waals surface area contributed by atoms with Crippen LogP contribution in [0, 0.1) is 0 Å². The van der Waals surface area contributed by atoms with E-state index >= 15 is 0 Å². The van der Waals surface area contributed by atoms with E-state index in [4.69, 9.17) is 0 Å². The Hall–Kier alpha value is -1.31. The first-order valence-corrected chi connectivity index (χ1v) is 4.68. The third-order valence-corrected chi connectivity index (χ3v) is 2.26. The first-order valence-electron chi connectivity index (χ1n) is 4.68. The second-order valence-electron chi connectivity index (χ2n) is 3.45. The summed E-state index contributed by atoms with van der Waals surface area (Å²) >= 11 is 0. The lowest BCUT2D eigenvalue weighted by molar-refractivity contribution is -0.107. The summed E-state index contributed by atoms with van der Waals surface area (Å²) in [5, 5.41) is 3.41. The summed E-state index contributed by atoms with van der Waals surface area (Å²) in [4.78, 5) is 10.4. The first-order chi connectivity index (χ1) is 6.40. The van der Waals surface area contributed by atoms with Gasteiger partial charge >= 0.3 is 0 Å². The van der Waals surface area contributed by atoms with Crippen molar-refractivity contribution in [2.45, 2.75) is 25.3 Å². The second-order valence-corrected chi connectivity index (χ2v) is 3.45. The fraction of sp³-hybridized carbons (Fsp3) is 0.364. The summed E-state index contributed by atoms with van der Waals surface area (Å²) in [6.45, 7) is 0. The number of hydrogen-bond donors (Lipinski definition) is 1. The Morgan fingerprint density at radius 2 is 2.15 bits per heavy atom. The van der Waals surface area contributed by atoms with Crippen LogP contribution in [0.2, 0.25) is 0 Å². The van der Waals surface area contributed by atoms with E-state index in [0.717, 1.165) is 17.5 Å². The van der Waals surface area contributed by atoms with Crippen molar-refractivity contribution in [1.29, 1.82) is 0 Å². The van der Waals surface area contributed by atoms with Gasteiger partial charge in [0.15, 0.2) is 0 Å². The van der Waals surface area contributed by atoms with Crippen LogP contribution in [0.4, 0.5) is 5.69 Å². The van der Waals surface area contributed by atoms with Crippen molar-refractivity contribution in [3.63, 3.8) is 0 Å². The SMILES string of the molecule is O=CCc1ccccc1NC1CC1. The lowest BCUT2D eigenvalue weighted by Crippen LogP contribution is -2.04. The van der Waals surface area contributed by atoms with E-state index in [-0.39, 0.29) is 0 Å². The summed E-state index contributed by atoms with van der Waals surface area (Å²) in [5.74, 6) is 0. The number of para-hydroxylation sites is 1. The maximum Gasteiger partial charge on any atom is 0.124 e. The number of aldehydes is 1. The Bertz CT molecular complexity index is 305. The van der Waals surface area contributed by atoms with Gasteiger partial charge in [0, 0.05) is 18.2 Å². The molecule has 0 aromatic heterocycles. The first kappa shape index (κ1) is 8.30. The molecule has 0 amide bonds. The van der Waals surface area contributed by atoms with Crippen LogP contribution < -0.4 is 5.32 Å². The van der Waals surface area contributed by atoms with E-state index in [1.807, 2.05) is 24.3 Å². The maximum absolute atomic E-state index is 10.4. The highest BCUT2D eigenvalue weighted by molar-refractivity contribution is 5.63. The number of anilines is 1. The van der Waals surface area contributed by atoms with Crippen LogP contribution in [0.1, 0.15) is 18.4 Å². The molecule has 2 rings (SSSR count). The fourth-order valence-corrected chi connectivity index (χ4v) is 1.38. The van der Waals surface area contributed by atoms with Gasteiger partial charge in [0.1, 0.15) is 6.29 Å². The van der Waals surface area contributed by atoms with Crippen molar-refractivity contribution in [3.8, 4) is 0 Å². The number of carbonyl (C=O) groups excluding carboxylic acids is 1. The standard InChI is InChI=1S/C11H13NO/c13-8-7-9-3-1-2-4-11(9)12-10-5-6-10/h1-4,8,10,12H,5-7H2. The minimum absolute atomic E-state index is 0.510. The summed E-state index contributed by atoms with van der Waals surface area (Å²) < 4.78 is 0. The topological polar surface area (TPSA) is 29.1 Å². The molecule has 0 saturated heterocycles. The molecule has 0 spiro atoms. The molecule has 13 heavy (non-hydrogen) atoms. The van der Waals surface area contributed by atoms with Crippen LogP contribution in [0.5, 0.6) is 0 Å². The molecule has 2 heteroatoms. The third-order valence-electron chi connectivity index (χ3n) is 2.26. The summed E-state index contributed by atoms with van der Waals surface area (Å²) in [7, 11) is 0. The second kappa shape index (κ2) is 3.60. The smallest absolute Gasteiger partial charge is 0.124 e. The number of benzene rings is 1. The zero-order valence-electron chi connectivity index (χ0n) is 7.49. The van der Waals surface area contributed by atoms with Crippen molar-refractivity contribution >= 4 is 12.0 Å². The molecule has 1 aliphatic rings. The van der Waals surface area contributed by atoms with Gasteiger partial charge in [-0.15, -0.1) is 0 Å². The van der Waals surface area contributed by atoms with Gasteiger partial charge < -0.3 is 10.1 Å². The molecule has 0 unspecified atom stereocenters. The predicted octanol–water partition coefficient (Wildman–Crippen LogP) is 2.00. The van der Waals surface area contributed by atoms with Gasteiger partial charge in [-0.05, 0) is 24.5 Å². The molecule has 1 aliphatic carbocycles. The lowest BCUT2D eigenvalue weighted by atomic mass is 10.1. The largest absolute Gasteiger partial charge is 0.382 e. The third kappa shape index (κ3) is 2.08. The van der Waals surface area contributed by atoms with Crippen LogP contribution in [-0.4, -0.2) is 12.3 Å². The van der Waals surface area contributed by atoms with E-state index in [1.54, 1.807) is 0 Å². The van der Waals surface area contributed by atoms with E-state index in [1.165, 1.54) is 12.8 Å². The highest BCUT2D eigenvalue weighted by Gasteiger charge is 2.21. The molecule has 0 aliphatic heterocycles. The van der Waals surface area contributed by atoms with Gasteiger partial charge in [0.25, 0.3) is 0 Å². The molecular formula is C11H13NO. The number of nitrogens with one attached hydrogen (secondary N) is 1. The Labute approximate surface area is 78.0 Å². The highest BCUT2D eigenvalue weighted by Crippen LogP contribution is 2.26. The average molecular weight is 175 g/mol. The highest BCUT2D eigenvalue weighted by atomic mass is 16.1. The summed E-state index contributed by atoms with van der Waals surface area (Å²) in [5.41, 5.74) is 2.22. The minimum Gasteiger partial charge on any atom is -0.382 e. The predicted molar refractivity (Wildman–Crippen MR) is 52.9 cm³/mol. The van der Waals surface area contributed by atoms with Crippen LogP contribution in [0.25, 0.3) is 0 Å². The number of rotatable bonds is 4. The molecule has 2 nitrogen and oxygen atoms in total. The fourth-order valence-electron chi connectivity index (χ4n) is 1.38. The molecule has 1 saturated carbocycles. The minimum atomic E-state index is 0.510. The molecule has 0 bridgehead atoms. The van der Waals surface area contributed by atoms with Crippen molar-refractivity contribution in [2.75, 3.05) is 5.32 Å². The average Bonchev–Trinajstić information content (AvgIpc) is 2.93. The molecular weight excluding hydrogens is 162 g/mol.